The summed E-state index contributed by atoms with van der Waals surface area (Å²) in [6, 6.07) is 0. The van der Waals surface area contributed by atoms with Gasteiger partial charge in [0, 0.05) is 12.0 Å². The Balaban J connectivity index is 2.30. The Morgan fingerprint density at radius 3 is 2.60 bits per heavy atom. The lowest BCUT2D eigenvalue weighted by molar-refractivity contribution is -0.429. The van der Waals surface area contributed by atoms with Crippen LogP contribution in [0.2, 0.25) is 0 Å². The molecule has 0 radical (unpaired) electrons. The summed E-state index contributed by atoms with van der Waals surface area (Å²) in [5, 5.41) is 10.3. The lowest BCUT2D eigenvalue weighted by Gasteiger charge is -2.02. The van der Waals surface area contributed by atoms with Gasteiger partial charge in [0.15, 0.2) is 0 Å². The van der Waals surface area contributed by atoms with Crippen molar-refractivity contribution in [2.24, 2.45) is 5.92 Å². The van der Waals surface area contributed by atoms with Gasteiger partial charge in [0.1, 0.15) is 0 Å². The summed E-state index contributed by atoms with van der Waals surface area (Å²) in [6.07, 6.45) is 3.92. The van der Waals surface area contributed by atoms with Crippen LogP contribution in [0.3, 0.4) is 0 Å². The Morgan fingerprint density at radius 1 is 1.50 bits per heavy atom. The maximum Gasteiger partial charge on any atom is 0.245 e. The number of hydrogen-bond donors (Lipinski definition) is 0. The molecular weight excluding hydrogens is 130 g/mol. The average Bonchev–Trinajstić information content (AvgIpc) is 2.44. The minimum absolute atomic E-state index is 0.200. The van der Waals surface area contributed by atoms with E-state index in [2.05, 4.69) is 0 Å². The van der Waals surface area contributed by atoms with E-state index in [-0.39, 0.29) is 4.92 Å². The zero-order chi connectivity index (χ0) is 7.14. The van der Waals surface area contributed by atoms with E-state index in [9.17, 15) is 10.1 Å². The Hall–Kier alpha value is -0.860. The average molecular weight is 139 g/mol. The van der Waals surface area contributed by atoms with Crippen molar-refractivity contribution in [3.63, 3.8) is 0 Å². The zero-order valence-corrected chi connectivity index (χ0v) is 5.67. The van der Waals surface area contributed by atoms with E-state index >= 15 is 0 Å². The molecule has 0 spiro atoms. The predicted octanol–water partition coefficient (Wildman–Crippen LogP) is 1.72. The van der Waals surface area contributed by atoms with Gasteiger partial charge < -0.3 is 0 Å². The Morgan fingerprint density at radius 2 is 2.30 bits per heavy atom. The number of allylic oxidation sites excluding steroid dienone is 2. The first-order chi connectivity index (χ1) is 4.77. The standard InChI is InChI=1S/C7H9NO2/c9-8(10)7-4-5-1-2-6(7)3-5/h5H,1-4H2. The largest absolute Gasteiger partial charge is 0.259 e. The second-order valence-electron chi connectivity index (χ2n) is 3.12. The fraction of sp³-hybridized carbons (Fsp3) is 0.714. The second kappa shape index (κ2) is 1.81. The molecule has 1 saturated carbocycles. The third-order valence-corrected chi connectivity index (χ3v) is 2.50. The molecule has 0 aromatic rings. The van der Waals surface area contributed by atoms with Crippen LogP contribution >= 0.6 is 0 Å². The lowest BCUT2D eigenvalue weighted by atomic mass is 10.0. The highest BCUT2D eigenvalue weighted by Gasteiger charge is 2.36. The highest BCUT2D eigenvalue weighted by atomic mass is 16.6. The molecule has 1 fully saturated rings. The van der Waals surface area contributed by atoms with Crippen LogP contribution in [-0.2, 0) is 0 Å². The summed E-state index contributed by atoms with van der Waals surface area (Å²) in [4.78, 5) is 10.1. The molecule has 0 aromatic carbocycles. The first-order valence-corrected chi connectivity index (χ1v) is 3.62. The van der Waals surface area contributed by atoms with Crippen LogP contribution in [0.15, 0.2) is 11.3 Å². The molecule has 2 rings (SSSR count). The van der Waals surface area contributed by atoms with Gasteiger partial charge in [-0.3, -0.25) is 10.1 Å². The van der Waals surface area contributed by atoms with Gasteiger partial charge in [0.25, 0.3) is 0 Å². The quantitative estimate of drug-likeness (QED) is 0.410. The van der Waals surface area contributed by atoms with Crippen LogP contribution in [0.4, 0.5) is 0 Å². The molecule has 2 bridgehead atoms. The molecule has 10 heavy (non-hydrogen) atoms. The van der Waals surface area contributed by atoms with Crippen molar-refractivity contribution in [1.82, 2.24) is 0 Å². The second-order valence-corrected chi connectivity index (χ2v) is 3.12. The van der Waals surface area contributed by atoms with Gasteiger partial charge in [0.05, 0.1) is 4.92 Å². The van der Waals surface area contributed by atoms with Gasteiger partial charge in [-0.25, -0.2) is 0 Å². The number of nitrogens with zero attached hydrogens (tertiary/aromatic N) is 1. The highest BCUT2D eigenvalue weighted by molar-refractivity contribution is 5.20. The fourth-order valence-electron chi connectivity index (χ4n) is 1.99. The number of fused-ring (bicyclic) bond motifs is 2. The molecule has 2 aliphatic carbocycles. The SMILES string of the molecule is O=[N+]([O-])C1=C2CCC(C2)C1. The van der Waals surface area contributed by atoms with E-state index in [4.69, 9.17) is 0 Å². The van der Waals surface area contributed by atoms with Crippen LogP contribution < -0.4 is 0 Å². The Labute approximate surface area is 58.9 Å². The normalized spacial score (nSPS) is 29.8. The highest BCUT2D eigenvalue weighted by Crippen LogP contribution is 2.43. The van der Waals surface area contributed by atoms with Crippen LogP contribution in [-0.4, -0.2) is 4.92 Å². The molecule has 2 aliphatic rings. The first-order valence-electron chi connectivity index (χ1n) is 3.62. The number of nitro groups is 1. The molecular formula is C7H9NO2. The van der Waals surface area contributed by atoms with Gasteiger partial charge >= 0.3 is 0 Å². The van der Waals surface area contributed by atoms with Gasteiger partial charge in [-0.2, -0.15) is 0 Å². The van der Waals surface area contributed by atoms with Crippen LogP contribution in [0.5, 0.6) is 0 Å². The molecule has 0 heterocycles. The molecule has 1 unspecified atom stereocenters. The molecule has 0 aliphatic heterocycles. The molecule has 0 N–H and O–H groups in total. The van der Waals surface area contributed by atoms with Crippen molar-refractivity contribution in [3.05, 3.63) is 21.4 Å². The van der Waals surface area contributed by atoms with Gasteiger partial charge in [-0.05, 0) is 25.2 Å². The number of rotatable bonds is 1. The summed E-state index contributed by atoms with van der Waals surface area (Å²) >= 11 is 0. The van der Waals surface area contributed by atoms with E-state index in [1.165, 1.54) is 6.42 Å². The van der Waals surface area contributed by atoms with Crippen molar-refractivity contribution in [3.8, 4) is 0 Å². The summed E-state index contributed by atoms with van der Waals surface area (Å²) < 4.78 is 0. The van der Waals surface area contributed by atoms with E-state index in [1.54, 1.807) is 0 Å². The van der Waals surface area contributed by atoms with Gasteiger partial charge in [-0.1, -0.05) is 0 Å². The van der Waals surface area contributed by atoms with Crippen molar-refractivity contribution in [2.45, 2.75) is 25.7 Å². The summed E-state index contributed by atoms with van der Waals surface area (Å²) in [6.45, 7) is 0. The monoisotopic (exact) mass is 139 g/mol. The molecule has 0 saturated heterocycles. The third-order valence-electron chi connectivity index (χ3n) is 2.50. The van der Waals surface area contributed by atoms with E-state index in [0.29, 0.717) is 11.6 Å². The molecule has 0 aromatic heterocycles. The predicted molar refractivity (Wildman–Crippen MR) is 36.0 cm³/mol. The van der Waals surface area contributed by atoms with Crippen molar-refractivity contribution in [2.75, 3.05) is 0 Å². The van der Waals surface area contributed by atoms with Crippen molar-refractivity contribution >= 4 is 0 Å². The first kappa shape index (κ1) is 5.89. The Bertz CT molecular complexity index is 220. The van der Waals surface area contributed by atoms with Crippen LogP contribution in [0.1, 0.15) is 25.7 Å². The molecule has 3 nitrogen and oxygen atoms in total. The lowest BCUT2D eigenvalue weighted by Crippen LogP contribution is -2.03. The molecule has 3 heteroatoms. The summed E-state index contributed by atoms with van der Waals surface area (Å²) in [5.41, 5.74) is 1.64. The van der Waals surface area contributed by atoms with Crippen LogP contribution in [0.25, 0.3) is 0 Å². The Kier molecular flexibility index (Phi) is 1.07. The molecule has 0 amide bonds. The fourth-order valence-corrected chi connectivity index (χ4v) is 1.99. The zero-order valence-electron chi connectivity index (χ0n) is 5.67. The van der Waals surface area contributed by atoms with E-state index < -0.39 is 0 Å². The van der Waals surface area contributed by atoms with E-state index in [1.807, 2.05) is 0 Å². The summed E-state index contributed by atoms with van der Waals surface area (Å²) in [7, 11) is 0. The van der Waals surface area contributed by atoms with Crippen molar-refractivity contribution < 1.29 is 4.92 Å². The number of hydrogen-bond acceptors (Lipinski definition) is 2. The minimum atomic E-state index is -0.200. The maximum absolute atomic E-state index is 10.3. The topological polar surface area (TPSA) is 43.1 Å². The molecule has 54 valence electrons. The van der Waals surface area contributed by atoms with Gasteiger partial charge in [-0.15, -0.1) is 0 Å². The maximum atomic E-state index is 10.3. The van der Waals surface area contributed by atoms with Crippen molar-refractivity contribution in [1.29, 1.82) is 0 Å². The van der Waals surface area contributed by atoms with E-state index in [0.717, 1.165) is 24.8 Å². The smallest absolute Gasteiger partial charge is 0.245 e. The van der Waals surface area contributed by atoms with Crippen LogP contribution in [0, 0.1) is 16.0 Å². The molecule has 1 atom stereocenters. The van der Waals surface area contributed by atoms with Gasteiger partial charge in [0.2, 0.25) is 5.70 Å². The minimum Gasteiger partial charge on any atom is -0.259 e. The third kappa shape index (κ3) is 0.664. The summed E-state index contributed by atoms with van der Waals surface area (Å²) in [5.74, 6) is 0.621.